The molecule has 0 aromatic heterocycles. The van der Waals surface area contributed by atoms with Crippen LogP contribution in [-0.4, -0.2) is 34.4 Å². The topological polar surface area (TPSA) is 44.8 Å². The quantitative estimate of drug-likeness (QED) is 0.237. The van der Waals surface area contributed by atoms with Crippen LogP contribution in [0.4, 0.5) is 0 Å². The van der Waals surface area contributed by atoms with Crippen molar-refractivity contribution in [3.8, 4) is 5.75 Å². The summed E-state index contributed by atoms with van der Waals surface area (Å²) in [7, 11) is -1.00. The fourth-order valence-corrected chi connectivity index (χ4v) is 9.61. The standard InChI is InChI=1S/C31H40O4Si/c1-24(21-32)30(34-23-26-17-19-27(33-6)20-18-26)25(2)22-35-36(31(3,4)5,28-13-9-7-10-14-28)29-15-11-8-12-16-29/h7-21,24-25,30H,22-23H2,1-6H3/t24-,25+,30+/m0/s1. The van der Waals surface area contributed by atoms with Crippen molar-refractivity contribution in [2.75, 3.05) is 13.7 Å². The molecule has 0 N–H and O–H groups in total. The monoisotopic (exact) mass is 504 g/mol. The minimum absolute atomic E-state index is 0.0186. The van der Waals surface area contributed by atoms with E-state index in [1.165, 1.54) is 10.4 Å². The predicted molar refractivity (Wildman–Crippen MR) is 150 cm³/mol. The van der Waals surface area contributed by atoms with E-state index in [0.29, 0.717) is 13.2 Å². The average Bonchev–Trinajstić information content (AvgIpc) is 2.89. The highest BCUT2D eigenvalue weighted by molar-refractivity contribution is 6.99. The maximum Gasteiger partial charge on any atom is 0.261 e. The van der Waals surface area contributed by atoms with Crippen molar-refractivity contribution >= 4 is 25.0 Å². The number of aldehydes is 1. The summed E-state index contributed by atoms with van der Waals surface area (Å²) in [5, 5.41) is 2.38. The van der Waals surface area contributed by atoms with Crippen LogP contribution >= 0.6 is 0 Å². The van der Waals surface area contributed by atoms with Crippen molar-refractivity contribution in [3.05, 3.63) is 90.5 Å². The highest BCUT2D eigenvalue weighted by Gasteiger charge is 2.50. The van der Waals surface area contributed by atoms with Gasteiger partial charge in [-0.25, -0.2) is 0 Å². The molecule has 0 amide bonds. The third-order valence-corrected chi connectivity index (χ3v) is 11.9. The van der Waals surface area contributed by atoms with Gasteiger partial charge in [0.2, 0.25) is 0 Å². The third kappa shape index (κ3) is 6.33. The Morgan fingerprint density at radius 3 is 1.81 bits per heavy atom. The first kappa shape index (κ1) is 27.8. The number of carbonyl (C=O) groups is 1. The largest absolute Gasteiger partial charge is 0.497 e. The second-order valence-electron chi connectivity index (χ2n) is 10.6. The van der Waals surface area contributed by atoms with Gasteiger partial charge in [0.25, 0.3) is 8.32 Å². The Balaban J connectivity index is 1.87. The number of methoxy groups -OCH3 is 1. The van der Waals surface area contributed by atoms with E-state index in [2.05, 4.69) is 76.2 Å². The molecule has 0 aliphatic carbocycles. The van der Waals surface area contributed by atoms with E-state index < -0.39 is 8.32 Å². The molecular weight excluding hydrogens is 464 g/mol. The molecule has 3 rings (SSSR count). The van der Waals surface area contributed by atoms with Crippen LogP contribution in [0.25, 0.3) is 0 Å². The van der Waals surface area contributed by atoms with Crippen LogP contribution in [0.5, 0.6) is 5.75 Å². The lowest BCUT2D eigenvalue weighted by atomic mass is 9.95. The molecule has 4 nitrogen and oxygen atoms in total. The van der Waals surface area contributed by atoms with E-state index in [1.807, 2.05) is 43.3 Å². The molecule has 0 fully saturated rings. The Morgan fingerprint density at radius 1 is 0.833 bits per heavy atom. The Bertz CT molecular complexity index is 1020. The fraction of sp³-hybridized carbons (Fsp3) is 0.387. The number of hydrogen-bond acceptors (Lipinski definition) is 4. The molecular formula is C31H40O4Si. The third-order valence-electron chi connectivity index (χ3n) is 6.87. The van der Waals surface area contributed by atoms with Crippen molar-refractivity contribution in [3.63, 3.8) is 0 Å². The fourth-order valence-electron chi connectivity index (χ4n) is 4.94. The summed E-state index contributed by atoms with van der Waals surface area (Å²) in [5.74, 6) is 0.578. The zero-order valence-electron chi connectivity index (χ0n) is 22.4. The lowest BCUT2D eigenvalue weighted by molar-refractivity contribution is -0.118. The van der Waals surface area contributed by atoms with Crippen molar-refractivity contribution in [2.24, 2.45) is 11.8 Å². The number of benzene rings is 3. The van der Waals surface area contributed by atoms with Crippen LogP contribution < -0.4 is 15.1 Å². The number of carbonyl (C=O) groups excluding carboxylic acids is 1. The molecule has 3 aromatic carbocycles. The SMILES string of the molecule is COc1ccc(CO[C@@H]([C@H](C)CO[Si](c2ccccc2)(c2ccccc2)C(C)(C)C)[C@@H](C)C=O)cc1. The van der Waals surface area contributed by atoms with Crippen molar-refractivity contribution in [1.29, 1.82) is 0 Å². The zero-order valence-corrected chi connectivity index (χ0v) is 23.4. The van der Waals surface area contributed by atoms with Crippen LogP contribution in [0, 0.1) is 11.8 Å². The lowest BCUT2D eigenvalue weighted by Crippen LogP contribution is -2.67. The van der Waals surface area contributed by atoms with Gasteiger partial charge in [0, 0.05) is 18.4 Å². The summed E-state index contributed by atoms with van der Waals surface area (Å²) in [6.07, 6.45) is 0.723. The van der Waals surface area contributed by atoms with Crippen molar-refractivity contribution < 1.29 is 18.7 Å². The first-order chi connectivity index (χ1) is 17.2. The van der Waals surface area contributed by atoms with Gasteiger partial charge < -0.3 is 18.7 Å². The molecule has 0 aliphatic heterocycles. The Hall–Kier alpha value is -2.73. The van der Waals surface area contributed by atoms with Gasteiger partial charge in [0.05, 0.1) is 19.8 Å². The highest BCUT2D eigenvalue weighted by atomic mass is 28.4. The number of ether oxygens (including phenoxy) is 2. The highest BCUT2D eigenvalue weighted by Crippen LogP contribution is 2.37. The maximum atomic E-state index is 11.8. The molecule has 5 heteroatoms. The normalized spacial score (nSPS) is 14.6. The molecule has 0 heterocycles. The molecule has 0 saturated carbocycles. The first-order valence-electron chi connectivity index (χ1n) is 12.7. The summed E-state index contributed by atoms with van der Waals surface area (Å²) in [4.78, 5) is 11.8. The van der Waals surface area contributed by atoms with E-state index in [4.69, 9.17) is 13.9 Å². The lowest BCUT2D eigenvalue weighted by Gasteiger charge is -2.44. The zero-order chi connectivity index (χ0) is 26.2. The summed E-state index contributed by atoms with van der Waals surface area (Å²) >= 11 is 0. The van der Waals surface area contributed by atoms with E-state index in [9.17, 15) is 4.79 Å². The van der Waals surface area contributed by atoms with Gasteiger partial charge >= 0.3 is 0 Å². The van der Waals surface area contributed by atoms with E-state index in [1.54, 1.807) is 7.11 Å². The van der Waals surface area contributed by atoms with Gasteiger partial charge in [0.1, 0.15) is 12.0 Å². The van der Waals surface area contributed by atoms with E-state index in [0.717, 1.165) is 17.6 Å². The second-order valence-corrected chi connectivity index (χ2v) is 14.9. The van der Waals surface area contributed by atoms with Gasteiger partial charge in [-0.3, -0.25) is 0 Å². The van der Waals surface area contributed by atoms with Gasteiger partial charge in [-0.15, -0.1) is 0 Å². The van der Waals surface area contributed by atoms with Gasteiger partial charge in [-0.1, -0.05) is 107 Å². The maximum absolute atomic E-state index is 11.8. The summed E-state index contributed by atoms with van der Waals surface area (Å²) in [6.45, 7) is 11.8. The van der Waals surface area contributed by atoms with Gasteiger partial charge in [-0.05, 0) is 33.1 Å². The summed E-state index contributed by atoms with van der Waals surface area (Å²) in [6, 6.07) is 29.1. The molecule has 0 aliphatic rings. The minimum atomic E-state index is -2.66. The summed E-state index contributed by atoms with van der Waals surface area (Å²) in [5.41, 5.74) is 1.04. The number of rotatable bonds is 12. The molecule has 3 atom stereocenters. The van der Waals surface area contributed by atoms with Crippen molar-refractivity contribution in [1.82, 2.24) is 0 Å². The number of hydrogen-bond donors (Lipinski definition) is 0. The molecule has 3 aromatic rings. The first-order valence-corrected chi connectivity index (χ1v) is 14.6. The second kappa shape index (κ2) is 12.5. The smallest absolute Gasteiger partial charge is 0.261 e. The predicted octanol–water partition coefficient (Wildman–Crippen LogP) is 5.63. The van der Waals surface area contributed by atoms with E-state index >= 15 is 0 Å². The van der Waals surface area contributed by atoms with Crippen LogP contribution in [0.2, 0.25) is 5.04 Å². The average molecular weight is 505 g/mol. The Morgan fingerprint density at radius 2 is 1.36 bits per heavy atom. The van der Waals surface area contributed by atoms with Crippen LogP contribution in [0.1, 0.15) is 40.2 Å². The van der Waals surface area contributed by atoms with Crippen LogP contribution in [0.3, 0.4) is 0 Å². The summed E-state index contributed by atoms with van der Waals surface area (Å²) < 4.78 is 18.7. The van der Waals surface area contributed by atoms with Crippen LogP contribution in [-0.2, 0) is 20.6 Å². The van der Waals surface area contributed by atoms with Gasteiger partial charge in [-0.2, -0.15) is 0 Å². The van der Waals surface area contributed by atoms with Gasteiger partial charge in [0.15, 0.2) is 0 Å². The minimum Gasteiger partial charge on any atom is -0.497 e. The Labute approximate surface area is 217 Å². The van der Waals surface area contributed by atoms with Crippen molar-refractivity contribution in [2.45, 2.75) is 52.4 Å². The molecule has 0 saturated heterocycles. The molecule has 36 heavy (non-hydrogen) atoms. The molecule has 0 spiro atoms. The Kier molecular flexibility index (Phi) is 9.66. The van der Waals surface area contributed by atoms with Crippen LogP contribution in [0.15, 0.2) is 84.9 Å². The van der Waals surface area contributed by atoms with E-state index in [-0.39, 0.29) is 23.0 Å². The molecule has 0 radical (unpaired) electrons. The molecule has 0 bridgehead atoms. The molecule has 0 unspecified atom stereocenters. The molecule has 192 valence electrons.